The van der Waals surface area contributed by atoms with Gasteiger partial charge >= 0.3 is 0 Å². The van der Waals surface area contributed by atoms with Gasteiger partial charge < -0.3 is 14.5 Å². The number of aromatic amines is 2. The lowest BCUT2D eigenvalue weighted by molar-refractivity contribution is 0.0677. The summed E-state index contributed by atoms with van der Waals surface area (Å²) in [7, 11) is 0. The Morgan fingerprint density at radius 3 is 2.81 bits per heavy atom. The summed E-state index contributed by atoms with van der Waals surface area (Å²) in [4.78, 5) is 34.2. The van der Waals surface area contributed by atoms with Crippen LogP contribution in [-0.2, 0) is 13.0 Å². The molecule has 1 amide bonds. The fraction of sp³-hybridized carbons (Fsp3) is 0.200. The summed E-state index contributed by atoms with van der Waals surface area (Å²) in [5.74, 6) is 0.252. The van der Waals surface area contributed by atoms with Crippen molar-refractivity contribution in [3.63, 3.8) is 0 Å². The average molecular weight is 484 g/mol. The highest BCUT2D eigenvalue weighted by molar-refractivity contribution is 5.95. The third-order valence-electron chi connectivity index (χ3n) is 6.46. The average Bonchev–Trinajstić information content (AvgIpc) is 3.57. The number of carbonyl (C=O) groups is 1. The van der Waals surface area contributed by atoms with E-state index in [4.69, 9.17) is 0 Å². The fourth-order valence-corrected chi connectivity index (χ4v) is 4.76. The molecule has 0 fully saturated rings. The van der Waals surface area contributed by atoms with Crippen molar-refractivity contribution in [3.05, 3.63) is 93.8 Å². The monoisotopic (exact) mass is 484 g/mol. The van der Waals surface area contributed by atoms with Crippen LogP contribution in [0.2, 0.25) is 0 Å². The van der Waals surface area contributed by atoms with Crippen molar-refractivity contribution in [2.75, 3.05) is 6.54 Å². The molecule has 36 heavy (non-hydrogen) atoms. The van der Waals surface area contributed by atoms with Gasteiger partial charge in [0.2, 0.25) is 0 Å². The number of carbonyl (C=O) groups excluding carboxylic acids is 1. The van der Waals surface area contributed by atoms with Crippen molar-refractivity contribution in [3.8, 4) is 11.5 Å². The van der Waals surface area contributed by atoms with Crippen LogP contribution in [0.5, 0.6) is 0 Å². The van der Waals surface area contributed by atoms with Crippen molar-refractivity contribution in [2.24, 2.45) is 0 Å². The summed E-state index contributed by atoms with van der Waals surface area (Å²) in [6.07, 6.45) is 3.57. The molecule has 0 saturated heterocycles. The van der Waals surface area contributed by atoms with E-state index in [-0.39, 0.29) is 23.7 Å². The Bertz CT molecular complexity index is 1660. The van der Waals surface area contributed by atoms with E-state index in [0.29, 0.717) is 41.3 Å². The van der Waals surface area contributed by atoms with E-state index in [1.807, 2.05) is 23.6 Å². The van der Waals surface area contributed by atoms with Crippen LogP contribution in [0.15, 0.2) is 59.8 Å². The molecule has 0 radical (unpaired) electrons. The van der Waals surface area contributed by atoms with Gasteiger partial charge in [0.1, 0.15) is 11.5 Å². The number of imidazole rings is 1. The molecule has 0 aliphatic carbocycles. The largest absolute Gasteiger partial charge is 0.342 e. The smallest absolute Gasteiger partial charge is 0.272 e. The van der Waals surface area contributed by atoms with Crippen LogP contribution in [0.1, 0.15) is 40.4 Å². The lowest BCUT2D eigenvalue weighted by Crippen LogP contribution is -2.40. The molecule has 1 aliphatic rings. The van der Waals surface area contributed by atoms with Gasteiger partial charge in [-0.25, -0.2) is 14.5 Å². The van der Waals surface area contributed by atoms with Gasteiger partial charge in [0, 0.05) is 18.4 Å². The third-order valence-corrected chi connectivity index (χ3v) is 6.46. The summed E-state index contributed by atoms with van der Waals surface area (Å²) in [5.41, 5.74) is 1.80. The summed E-state index contributed by atoms with van der Waals surface area (Å²) < 4.78 is 16.8. The molecule has 0 bridgehead atoms. The van der Waals surface area contributed by atoms with Crippen molar-refractivity contribution in [1.29, 1.82) is 0 Å². The zero-order valence-corrected chi connectivity index (χ0v) is 19.3. The third kappa shape index (κ3) is 3.65. The van der Waals surface area contributed by atoms with E-state index < -0.39 is 11.7 Å². The second-order valence-corrected chi connectivity index (χ2v) is 8.85. The Morgan fingerprint density at radius 2 is 2.00 bits per heavy atom. The molecular weight excluding hydrogens is 463 g/mol. The molecule has 4 heterocycles. The van der Waals surface area contributed by atoms with Crippen LogP contribution < -0.4 is 5.56 Å². The van der Waals surface area contributed by atoms with Crippen LogP contribution in [-0.4, -0.2) is 52.3 Å². The minimum absolute atomic E-state index is 0.0183. The van der Waals surface area contributed by atoms with Crippen LogP contribution >= 0.6 is 0 Å². The minimum Gasteiger partial charge on any atom is -0.342 e. The molecule has 2 aromatic carbocycles. The number of fused-ring (bicyclic) bond motifs is 2. The van der Waals surface area contributed by atoms with E-state index in [0.717, 1.165) is 11.1 Å². The van der Waals surface area contributed by atoms with Gasteiger partial charge in [-0.05, 0) is 30.7 Å². The number of H-pyrrole nitrogens is 2. The molecule has 1 aliphatic heterocycles. The van der Waals surface area contributed by atoms with Gasteiger partial charge in [0.15, 0.2) is 11.6 Å². The first-order chi connectivity index (χ1) is 17.5. The van der Waals surface area contributed by atoms with Crippen molar-refractivity contribution in [2.45, 2.75) is 25.9 Å². The first kappa shape index (κ1) is 21.8. The Hall–Kier alpha value is -4.67. The molecule has 5 aromatic rings. The highest BCUT2D eigenvalue weighted by Gasteiger charge is 2.31. The summed E-state index contributed by atoms with van der Waals surface area (Å²) in [6, 6.07) is 11.5. The molecule has 1 unspecified atom stereocenters. The van der Waals surface area contributed by atoms with E-state index >= 15 is 0 Å². The molecule has 6 rings (SSSR count). The topological polar surface area (TPSA) is 125 Å². The van der Waals surface area contributed by atoms with Crippen molar-refractivity contribution >= 4 is 16.7 Å². The van der Waals surface area contributed by atoms with E-state index in [1.54, 1.807) is 41.7 Å². The maximum absolute atomic E-state index is 14.8. The number of nitrogens with zero attached hydrogens (tertiary/aromatic N) is 6. The number of aromatic nitrogens is 7. The molecule has 2 N–H and O–H groups in total. The standard InChI is InChI=1S/C25H21FN8O2/c1-14-11-33(12-22-30-31-23(34(14)22)21-10-27-13-28-21)25(36)18-8-15(6-7-19(18)26)9-20-16-4-2-3-5-17(16)24(35)32-29-20/h2-8,10,13-14H,9,11-12H2,1H3,(H,27,28)(H,32,35). The number of benzene rings is 2. The van der Waals surface area contributed by atoms with Crippen molar-refractivity contribution < 1.29 is 9.18 Å². The number of hydrogen-bond acceptors (Lipinski definition) is 6. The second kappa shape index (κ2) is 8.52. The van der Waals surface area contributed by atoms with Crippen LogP contribution in [0.3, 0.4) is 0 Å². The van der Waals surface area contributed by atoms with Gasteiger partial charge in [-0.3, -0.25) is 9.59 Å². The second-order valence-electron chi connectivity index (χ2n) is 8.85. The molecule has 0 saturated carbocycles. The number of halogens is 1. The van der Waals surface area contributed by atoms with E-state index in [2.05, 4.69) is 30.4 Å². The number of hydrogen-bond donors (Lipinski definition) is 2. The van der Waals surface area contributed by atoms with E-state index in [9.17, 15) is 14.0 Å². The molecule has 11 heteroatoms. The zero-order chi connectivity index (χ0) is 24.8. The van der Waals surface area contributed by atoms with Crippen LogP contribution in [0.25, 0.3) is 22.3 Å². The highest BCUT2D eigenvalue weighted by atomic mass is 19.1. The first-order valence-corrected chi connectivity index (χ1v) is 11.5. The maximum Gasteiger partial charge on any atom is 0.272 e. The fourth-order valence-electron chi connectivity index (χ4n) is 4.76. The summed E-state index contributed by atoms with van der Waals surface area (Å²) in [6.45, 7) is 2.55. The Morgan fingerprint density at radius 1 is 1.17 bits per heavy atom. The number of amides is 1. The van der Waals surface area contributed by atoms with Crippen LogP contribution in [0.4, 0.5) is 4.39 Å². The van der Waals surface area contributed by atoms with Gasteiger partial charge in [-0.1, -0.05) is 24.3 Å². The molecule has 1 atom stereocenters. The van der Waals surface area contributed by atoms with Gasteiger partial charge in [-0.15, -0.1) is 10.2 Å². The predicted octanol–water partition coefficient (Wildman–Crippen LogP) is 2.85. The summed E-state index contributed by atoms with van der Waals surface area (Å²) in [5, 5.41) is 16.5. The first-order valence-electron chi connectivity index (χ1n) is 11.5. The number of rotatable bonds is 4. The molecule has 0 spiro atoms. The summed E-state index contributed by atoms with van der Waals surface area (Å²) >= 11 is 0. The van der Waals surface area contributed by atoms with Gasteiger partial charge in [0.05, 0.1) is 41.8 Å². The quantitative estimate of drug-likeness (QED) is 0.404. The highest BCUT2D eigenvalue weighted by Crippen LogP contribution is 2.28. The Balaban J connectivity index is 1.29. The normalized spacial score (nSPS) is 15.3. The molecule has 3 aromatic heterocycles. The lowest BCUT2D eigenvalue weighted by atomic mass is 10.0. The number of nitrogens with one attached hydrogen (secondary N) is 2. The van der Waals surface area contributed by atoms with E-state index in [1.165, 1.54) is 6.07 Å². The SMILES string of the molecule is CC1CN(C(=O)c2cc(Cc3n[nH]c(=O)c4ccccc34)ccc2F)Cc2nnc(-c3cnc[nH]3)n21. The Kier molecular flexibility index (Phi) is 5.17. The Labute approximate surface area is 203 Å². The van der Waals surface area contributed by atoms with Gasteiger partial charge in [-0.2, -0.15) is 5.10 Å². The molecule has 10 nitrogen and oxygen atoms in total. The molecular formula is C25H21FN8O2. The van der Waals surface area contributed by atoms with Gasteiger partial charge in [0.25, 0.3) is 11.5 Å². The molecule has 180 valence electrons. The van der Waals surface area contributed by atoms with Crippen LogP contribution in [0, 0.1) is 5.82 Å². The van der Waals surface area contributed by atoms with Crippen molar-refractivity contribution in [1.82, 2.24) is 39.8 Å². The lowest BCUT2D eigenvalue weighted by Gasteiger charge is -2.32. The minimum atomic E-state index is -0.596. The zero-order valence-electron chi connectivity index (χ0n) is 19.3. The maximum atomic E-state index is 14.8. The predicted molar refractivity (Wildman–Crippen MR) is 129 cm³/mol.